The summed E-state index contributed by atoms with van der Waals surface area (Å²) in [5, 5.41) is 3.01. The minimum absolute atomic E-state index is 0.0465. The van der Waals surface area contributed by atoms with Crippen molar-refractivity contribution in [1.29, 1.82) is 0 Å². The predicted octanol–water partition coefficient (Wildman–Crippen LogP) is 6.32. The number of carbonyl (C=O) groups excluding carboxylic acids is 4. The molecule has 2 aromatic rings. The minimum atomic E-state index is -3.45. The first-order valence-corrected chi connectivity index (χ1v) is 19.8. The van der Waals surface area contributed by atoms with Gasteiger partial charge in [0.25, 0.3) is 5.91 Å². The highest BCUT2D eigenvalue weighted by molar-refractivity contribution is 7.90. The number of hydrogen-bond donors (Lipinski definition) is 1. The Hall–Kier alpha value is -3.93. The molecule has 2 atom stereocenters. The van der Waals surface area contributed by atoms with Crippen LogP contribution in [0.3, 0.4) is 0 Å². The van der Waals surface area contributed by atoms with Gasteiger partial charge in [0.05, 0.1) is 16.2 Å². The number of sulfone groups is 1. The van der Waals surface area contributed by atoms with Crippen LogP contribution in [-0.4, -0.2) is 79.8 Å². The van der Waals surface area contributed by atoms with Crippen LogP contribution >= 0.6 is 0 Å². The van der Waals surface area contributed by atoms with Crippen LogP contribution in [0.15, 0.2) is 53.4 Å². The number of hydrogen-bond acceptors (Lipinski definition) is 9. The van der Waals surface area contributed by atoms with Crippen molar-refractivity contribution in [3.05, 3.63) is 59.7 Å². The lowest BCUT2D eigenvalue weighted by Gasteiger charge is -2.35. The molecule has 1 aliphatic rings. The molecule has 11 nitrogen and oxygen atoms in total. The quantitative estimate of drug-likeness (QED) is 0.233. The van der Waals surface area contributed by atoms with E-state index in [0.29, 0.717) is 18.6 Å². The summed E-state index contributed by atoms with van der Waals surface area (Å²) >= 11 is 0. The number of benzene rings is 2. The predicted molar refractivity (Wildman–Crippen MR) is 200 cm³/mol. The topological polar surface area (TPSA) is 145 Å². The second-order valence-electron chi connectivity index (χ2n) is 17.0. The summed E-state index contributed by atoms with van der Waals surface area (Å²) in [5.74, 6) is -2.07. The molecule has 1 aliphatic carbocycles. The van der Waals surface area contributed by atoms with E-state index in [1.165, 1.54) is 29.2 Å². The molecule has 0 aliphatic heterocycles. The van der Waals surface area contributed by atoms with Crippen molar-refractivity contribution < 1.29 is 41.8 Å². The van der Waals surface area contributed by atoms with Gasteiger partial charge in [-0.05, 0) is 124 Å². The van der Waals surface area contributed by atoms with E-state index in [1.807, 2.05) is 45.0 Å². The van der Waals surface area contributed by atoms with Crippen molar-refractivity contribution in [3.63, 3.8) is 0 Å². The normalized spacial score (nSPS) is 16.0. The van der Waals surface area contributed by atoms with E-state index in [0.717, 1.165) is 24.7 Å². The van der Waals surface area contributed by atoms with E-state index in [1.54, 1.807) is 48.6 Å². The number of nitrogens with zero attached hydrogens (tertiary/aromatic N) is 1. The highest BCUT2D eigenvalue weighted by Gasteiger charge is 2.46. The van der Waals surface area contributed by atoms with Gasteiger partial charge in [0.15, 0.2) is 9.84 Å². The smallest absolute Gasteiger partial charge is 0.329 e. The van der Waals surface area contributed by atoms with Crippen molar-refractivity contribution in [3.8, 4) is 5.75 Å². The third-order valence-corrected chi connectivity index (χ3v) is 9.70. The van der Waals surface area contributed by atoms with Gasteiger partial charge < -0.3 is 24.4 Å². The molecule has 0 aromatic heterocycles. The Morgan fingerprint density at radius 1 is 0.788 bits per heavy atom. The molecule has 0 saturated heterocycles. The second-order valence-corrected chi connectivity index (χ2v) is 19.0. The van der Waals surface area contributed by atoms with Gasteiger partial charge in [0.1, 0.15) is 28.6 Å². The Balaban J connectivity index is 1.91. The van der Waals surface area contributed by atoms with Gasteiger partial charge in [-0.25, -0.2) is 13.2 Å². The summed E-state index contributed by atoms with van der Waals surface area (Å²) in [6.45, 7) is 16.4. The highest BCUT2D eigenvalue weighted by atomic mass is 32.2. The van der Waals surface area contributed by atoms with Crippen LogP contribution in [0.2, 0.25) is 0 Å². The van der Waals surface area contributed by atoms with Gasteiger partial charge in [-0.1, -0.05) is 25.0 Å². The highest BCUT2D eigenvalue weighted by Crippen LogP contribution is 2.44. The Labute approximate surface area is 310 Å². The first-order chi connectivity index (χ1) is 23.8. The molecule has 1 fully saturated rings. The average Bonchev–Trinajstić information content (AvgIpc) is 3.48. The third-order valence-electron chi connectivity index (χ3n) is 8.57. The monoisotopic (exact) mass is 742 g/mol. The van der Waals surface area contributed by atoms with Gasteiger partial charge >= 0.3 is 11.9 Å². The SMILES string of the molecule is CN(C[C@H](CC1(C(=O)N[C@@H](Cc2ccc(OC(C)(C)C)cc2)C(=O)OC(C)(C)C)CCCC1)C(=O)OC(C)(C)C)C(=O)c1ccc(S(C)(=O)=O)cc1. The van der Waals surface area contributed by atoms with Crippen LogP contribution in [0.25, 0.3) is 0 Å². The Morgan fingerprint density at radius 3 is 1.79 bits per heavy atom. The van der Waals surface area contributed by atoms with Crippen LogP contribution in [-0.2, 0) is 40.1 Å². The van der Waals surface area contributed by atoms with E-state index in [-0.39, 0.29) is 41.4 Å². The van der Waals surface area contributed by atoms with Crippen molar-refractivity contribution in [2.24, 2.45) is 11.3 Å². The number of ether oxygens (including phenoxy) is 3. The third kappa shape index (κ3) is 12.9. The number of rotatable bonds is 13. The van der Waals surface area contributed by atoms with Crippen LogP contribution in [0, 0.1) is 11.3 Å². The standard InChI is InChI=1S/C40H58N2O9S/c1-37(2,3)49-30-18-14-27(15-19-30)24-32(35(45)51-39(7,8)9)41-36(46)40(22-12-13-23-40)25-29(34(44)50-38(4,5)6)26-42(10)33(43)28-16-20-31(21-17-28)52(11,47)48/h14-21,29,32H,12-13,22-26H2,1-11H3,(H,41,46)/t29-,32-/m0/s1. The van der Waals surface area contributed by atoms with E-state index < -0.39 is 56.3 Å². The average molecular weight is 743 g/mol. The number of amides is 2. The molecule has 12 heteroatoms. The van der Waals surface area contributed by atoms with Gasteiger partial charge in [-0.2, -0.15) is 0 Å². The van der Waals surface area contributed by atoms with Crippen molar-refractivity contribution in [1.82, 2.24) is 10.2 Å². The summed E-state index contributed by atoms with van der Waals surface area (Å²) in [6.07, 6.45) is 3.85. The molecule has 0 radical (unpaired) electrons. The van der Waals surface area contributed by atoms with E-state index in [2.05, 4.69) is 5.32 Å². The number of nitrogens with one attached hydrogen (secondary N) is 1. The zero-order valence-electron chi connectivity index (χ0n) is 32.8. The van der Waals surface area contributed by atoms with E-state index in [4.69, 9.17) is 14.2 Å². The Kier molecular flexibility index (Phi) is 13.4. The zero-order chi connectivity index (χ0) is 39.3. The molecule has 0 unspecified atom stereocenters. The molecule has 2 aromatic carbocycles. The zero-order valence-corrected chi connectivity index (χ0v) is 33.6. The van der Waals surface area contributed by atoms with E-state index >= 15 is 0 Å². The van der Waals surface area contributed by atoms with Crippen molar-refractivity contribution >= 4 is 33.6 Å². The molecule has 1 saturated carbocycles. The summed E-state index contributed by atoms with van der Waals surface area (Å²) in [4.78, 5) is 56.7. The lowest BCUT2D eigenvalue weighted by molar-refractivity contribution is -0.163. The molecule has 0 heterocycles. The maximum absolute atomic E-state index is 14.4. The molecule has 1 N–H and O–H groups in total. The lowest BCUT2D eigenvalue weighted by atomic mass is 9.76. The molecule has 288 valence electrons. The molecule has 3 rings (SSSR count). The van der Waals surface area contributed by atoms with Crippen LogP contribution in [0.1, 0.15) is 110 Å². The largest absolute Gasteiger partial charge is 0.488 e. The first-order valence-electron chi connectivity index (χ1n) is 17.9. The second kappa shape index (κ2) is 16.4. The summed E-state index contributed by atoms with van der Waals surface area (Å²) in [7, 11) is -1.89. The summed E-state index contributed by atoms with van der Waals surface area (Å²) < 4.78 is 41.4. The molecular weight excluding hydrogens is 685 g/mol. The fourth-order valence-electron chi connectivity index (χ4n) is 6.29. The lowest BCUT2D eigenvalue weighted by Crippen LogP contribution is -2.51. The molecular formula is C40H58N2O9S. The summed E-state index contributed by atoms with van der Waals surface area (Å²) in [5.41, 5.74) is -1.94. The van der Waals surface area contributed by atoms with Gasteiger partial charge in [-0.15, -0.1) is 0 Å². The fourth-order valence-corrected chi connectivity index (χ4v) is 6.92. The molecule has 52 heavy (non-hydrogen) atoms. The maximum atomic E-state index is 14.4. The maximum Gasteiger partial charge on any atom is 0.329 e. The van der Waals surface area contributed by atoms with Crippen molar-refractivity contribution in [2.45, 2.75) is 129 Å². The van der Waals surface area contributed by atoms with Crippen LogP contribution in [0.5, 0.6) is 5.75 Å². The number of carbonyl (C=O) groups is 4. The Morgan fingerprint density at radius 2 is 1.31 bits per heavy atom. The molecule has 2 amide bonds. The minimum Gasteiger partial charge on any atom is -0.488 e. The van der Waals surface area contributed by atoms with Gasteiger partial charge in [0.2, 0.25) is 5.91 Å². The van der Waals surface area contributed by atoms with Gasteiger partial charge in [0, 0.05) is 31.8 Å². The van der Waals surface area contributed by atoms with Gasteiger partial charge in [-0.3, -0.25) is 14.4 Å². The van der Waals surface area contributed by atoms with Crippen LogP contribution in [0.4, 0.5) is 0 Å². The fraction of sp³-hybridized carbons (Fsp3) is 0.600. The molecule has 0 spiro atoms. The Bertz CT molecular complexity index is 1670. The first kappa shape index (κ1) is 42.5. The van der Waals surface area contributed by atoms with E-state index in [9.17, 15) is 27.6 Å². The van der Waals surface area contributed by atoms with Crippen LogP contribution < -0.4 is 10.1 Å². The summed E-state index contributed by atoms with van der Waals surface area (Å²) in [6, 6.07) is 12.0. The molecule has 0 bridgehead atoms. The number of esters is 2. The van der Waals surface area contributed by atoms with Crippen molar-refractivity contribution in [2.75, 3.05) is 19.8 Å².